The molecule has 6 heteroatoms. The molecule has 1 aliphatic heterocycles. The summed E-state index contributed by atoms with van der Waals surface area (Å²) in [6.07, 6.45) is 1.79. The number of rotatable bonds is 4. The van der Waals surface area contributed by atoms with Crippen LogP contribution in [0.5, 0.6) is 11.5 Å². The summed E-state index contributed by atoms with van der Waals surface area (Å²) in [5, 5.41) is 10.4. The lowest BCUT2D eigenvalue weighted by atomic mass is 10.1. The van der Waals surface area contributed by atoms with Crippen LogP contribution in [-0.2, 0) is 4.79 Å². The van der Waals surface area contributed by atoms with E-state index in [2.05, 4.69) is 0 Å². The number of phenolic OH excluding ortho intramolecular Hbond substituents is 1. The van der Waals surface area contributed by atoms with Crippen LogP contribution in [-0.4, -0.2) is 23.3 Å². The van der Waals surface area contributed by atoms with E-state index < -0.39 is 0 Å². The first-order valence-electron chi connectivity index (χ1n) is 9.77. The number of carbonyl (C=O) groups excluding carboxylic acids is 1. The van der Waals surface area contributed by atoms with Gasteiger partial charge in [-0.15, -0.1) is 0 Å². The molecule has 1 amide bonds. The van der Waals surface area contributed by atoms with Crippen LogP contribution in [0.4, 0.5) is 11.4 Å². The zero-order chi connectivity index (χ0) is 22.0. The van der Waals surface area contributed by atoms with Crippen LogP contribution in [0.2, 0.25) is 0 Å². The lowest BCUT2D eigenvalue weighted by Gasteiger charge is -2.16. The van der Waals surface area contributed by atoms with Gasteiger partial charge in [-0.3, -0.25) is 9.69 Å². The number of benzene rings is 3. The van der Waals surface area contributed by atoms with E-state index in [0.717, 1.165) is 28.1 Å². The smallest absolute Gasteiger partial charge is 0.271 e. The monoisotopic (exact) mass is 430 g/mol. The predicted octanol–water partition coefficient (Wildman–Crippen LogP) is 5.83. The lowest BCUT2D eigenvalue weighted by molar-refractivity contribution is -0.113. The van der Waals surface area contributed by atoms with Crippen LogP contribution >= 0.6 is 11.8 Å². The first-order chi connectivity index (χ1) is 14.9. The molecule has 5 nitrogen and oxygen atoms in total. The molecule has 0 bridgehead atoms. The third-order valence-electron chi connectivity index (χ3n) is 4.86. The Labute approximate surface area is 185 Å². The Bertz CT molecular complexity index is 1180. The van der Waals surface area contributed by atoms with Gasteiger partial charge in [-0.25, -0.2) is 4.99 Å². The second kappa shape index (κ2) is 8.70. The summed E-state index contributed by atoms with van der Waals surface area (Å²) in [5.41, 5.74) is 4.57. The first-order valence-corrected chi connectivity index (χ1v) is 10.6. The third kappa shape index (κ3) is 4.49. The van der Waals surface area contributed by atoms with Gasteiger partial charge in [0.15, 0.2) is 16.7 Å². The average Bonchev–Trinajstić information content (AvgIpc) is 3.06. The molecule has 1 heterocycles. The molecule has 0 unspecified atom stereocenters. The van der Waals surface area contributed by atoms with Crippen LogP contribution < -0.4 is 9.64 Å². The molecule has 0 aromatic heterocycles. The maximum Gasteiger partial charge on any atom is 0.271 e. The van der Waals surface area contributed by atoms with Crippen LogP contribution in [0.3, 0.4) is 0 Å². The highest BCUT2D eigenvalue weighted by Crippen LogP contribution is 2.38. The number of aromatic hydroxyl groups is 1. The summed E-state index contributed by atoms with van der Waals surface area (Å²) in [6, 6.07) is 20.6. The summed E-state index contributed by atoms with van der Waals surface area (Å²) >= 11 is 1.32. The summed E-state index contributed by atoms with van der Waals surface area (Å²) < 4.78 is 5.18. The number of nitrogens with zero attached hydrogens (tertiary/aromatic N) is 2. The highest BCUT2D eigenvalue weighted by molar-refractivity contribution is 8.19. The Kier molecular flexibility index (Phi) is 5.82. The largest absolute Gasteiger partial charge is 0.504 e. The SMILES string of the molecule is COc1cc(/C=C2/SC(=Nc3ccc(C)cc3)N(c3ccc(C)cc3)C2=O)ccc1O. The molecular formula is C25H22N2O3S. The van der Waals surface area contributed by atoms with Gasteiger partial charge in [0.05, 0.1) is 23.4 Å². The highest BCUT2D eigenvalue weighted by Gasteiger charge is 2.34. The second-order valence-corrected chi connectivity index (χ2v) is 8.26. The van der Waals surface area contributed by atoms with Gasteiger partial charge >= 0.3 is 0 Å². The third-order valence-corrected chi connectivity index (χ3v) is 5.83. The molecular weight excluding hydrogens is 408 g/mol. The van der Waals surface area contributed by atoms with Crippen LogP contribution in [0.1, 0.15) is 16.7 Å². The summed E-state index contributed by atoms with van der Waals surface area (Å²) in [5.74, 6) is 0.262. The second-order valence-electron chi connectivity index (χ2n) is 7.25. The van der Waals surface area contributed by atoms with Gasteiger partial charge in [0.2, 0.25) is 0 Å². The fraction of sp³-hybridized carbons (Fsp3) is 0.120. The summed E-state index contributed by atoms with van der Waals surface area (Å²) in [6.45, 7) is 4.03. The predicted molar refractivity (Wildman–Crippen MR) is 127 cm³/mol. The van der Waals surface area contributed by atoms with Crippen molar-refractivity contribution in [2.24, 2.45) is 4.99 Å². The van der Waals surface area contributed by atoms with E-state index in [0.29, 0.717) is 15.8 Å². The Morgan fingerprint density at radius 3 is 2.26 bits per heavy atom. The molecule has 1 N–H and O–H groups in total. The Balaban J connectivity index is 1.76. The molecule has 4 rings (SSSR count). The van der Waals surface area contributed by atoms with Crippen molar-refractivity contribution >= 4 is 40.3 Å². The standard InChI is InChI=1S/C25H22N2O3S/c1-16-4-9-19(10-5-16)26-25-27(20-11-6-17(2)7-12-20)24(29)23(31-25)15-18-8-13-21(28)22(14-18)30-3/h4-15,28H,1-3H3/b23-15+,26-25?. The molecule has 1 saturated heterocycles. The van der Waals surface area contributed by atoms with Crippen molar-refractivity contribution in [3.05, 3.63) is 88.3 Å². The minimum absolute atomic E-state index is 0.0537. The molecule has 1 aliphatic rings. The van der Waals surface area contributed by atoms with Crippen LogP contribution in [0, 0.1) is 13.8 Å². The van der Waals surface area contributed by atoms with Crippen molar-refractivity contribution in [3.63, 3.8) is 0 Å². The first kappa shape index (κ1) is 20.8. The number of aryl methyl sites for hydroxylation is 2. The minimum Gasteiger partial charge on any atom is -0.504 e. The van der Waals surface area contributed by atoms with Gasteiger partial charge in [-0.1, -0.05) is 41.5 Å². The van der Waals surface area contributed by atoms with Gasteiger partial charge in [0.25, 0.3) is 5.91 Å². The quantitative estimate of drug-likeness (QED) is 0.529. The van der Waals surface area contributed by atoms with E-state index in [1.165, 1.54) is 18.9 Å². The van der Waals surface area contributed by atoms with E-state index >= 15 is 0 Å². The van der Waals surface area contributed by atoms with Crippen molar-refractivity contribution in [2.45, 2.75) is 13.8 Å². The van der Waals surface area contributed by atoms with Crippen molar-refractivity contribution in [2.75, 3.05) is 12.0 Å². The van der Waals surface area contributed by atoms with E-state index in [4.69, 9.17) is 9.73 Å². The highest BCUT2D eigenvalue weighted by atomic mass is 32.2. The van der Waals surface area contributed by atoms with Crippen molar-refractivity contribution < 1.29 is 14.6 Å². The zero-order valence-electron chi connectivity index (χ0n) is 17.5. The van der Waals surface area contributed by atoms with Gasteiger partial charge < -0.3 is 9.84 Å². The van der Waals surface area contributed by atoms with Gasteiger partial charge in [0, 0.05) is 0 Å². The number of hydrogen-bond acceptors (Lipinski definition) is 5. The number of aliphatic imine (C=N–C) groups is 1. The number of amides is 1. The maximum absolute atomic E-state index is 13.3. The Morgan fingerprint density at radius 2 is 1.61 bits per heavy atom. The number of hydrogen-bond donors (Lipinski definition) is 1. The van der Waals surface area contributed by atoms with Crippen molar-refractivity contribution in [1.29, 1.82) is 0 Å². The minimum atomic E-state index is -0.147. The van der Waals surface area contributed by atoms with E-state index in [9.17, 15) is 9.90 Å². The van der Waals surface area contributed by atoms with Crippen molar-refractivity contribution in [1.82, 2.24) is 0 Å². The summed E-state index contributed by atoms with van der Waals surface area (Å²) in [4.78, 5) is 20.3. The number of amidine groups is 1. The molecule has 156 valence electrons. The Hall–Kier alpha value is -3.51. The molecule has 0 aliphatic carbocycles. The molecule has 31 heavy (non-hydrogen) atoms. The lowest BCUT2D eigenvalue weighted by Crippen LogP contribution is -2.28. The molecule has 0 atom stereocenters. The molecule has 0 radical (unpaired) electrons. The average molecular weight is 431 g/mol. The fourth-order valence-electron chi connectivity index (χ4n) is 3.14. The number of methoxy groups -OCH3 is 1. The molecule has 0 saturated carbocycles. The zero-order valence-corrected chi connectivity index (χ0v) is 18.3. The van der Waals surface area contributed by atoms with E-state index in [1.807, 2.05) is 62.4 Å². The summed E-state index contributed by atoms with van der Waals surface area (Å²) in [7, 11) is 1.49. The number of phenols is 1. The van der Waals surface area contributed by atoms with Gasteiger partial charge in [-0.05, 0) is 73.6 Å². The normalized spacial score (nSPS) is 16.4. The number of thioether (sulfide) groups is 1. The molecule has 1 fully saturated rings. The molecule has 3 aromatic carbocycles. The fourth-order valence-corrected chi connectivity index (χ4v) is 4.14. The molecule has 3 aromatic rings. The van der Waals surface area contributed by atoms with Crippen LogP contribution in [0.15, 0.2) is 76.6 Å². The van der Waals surface area contributed by atoms with Crippen LogP contribution in [0.25, 0.3) is 6.08 Å². The van der Waals surface area contributed by atoms with E-state index in [1.54, 1.807) is 29.2 Å². The topological polar surface area (TPSA) is 62.1 Å². The maximum atomic E-state index is 13.3. The number of ether oxygens (including phenoxy) is 1. The van der Waals surface area contributed by atoms with Gasteiger partial charge in [-0.2, -0.15) is 0 Å². The van der Waals surface area contributed by atoms with Crippen molar-refractivity contribution in [3.8, 4) is 11.5 Å². The number of anilines is 1. The Morgan fingerprint density at radius 1 is 0.968 bits per heavy atom. The molecule has 0 spiro atoms. The van der Waals surface area contributed by atoms with E-state index in [-0.39, 0.29) is 11.7 Å². The van der Waals surface area contributed by atoms with Gasteiger partial charge in [0.1, 0.15) is 0 Å². The number of carbonyl (C=O) groups is 1.